The van der Waals surface area contributed by atoms with Crippen LogP contribution in [0.25, 0.3) is 0 Å². The third kappa shape index (κ3) is 6.52. The van der Waals surface area contributed by atoms with Crippen LogP contribution in [0.15, 0.2) is 36.0 Å². The van der Waals surface area contributed by atoms with E-state index in [9.17, 15) is 34.1 Å². The molecule has 0 aromatic carbocycles. The predicted octanol–water partition coefficient (Wildman–Crippen LogP) is 4.06. The number of rotatable bonds is 11. The van der Waals surface area contributed by atoms with Gasteiger partial charge in [0.1, 0.15) is 18.8 Å². The quantitative estimate of drug-likeness (QED) is 0.142. The molecule has 3 fully saturated rings. The largest absolute Gasteiger partial charge is 0.472 e. The maximum Gasteiger partial charge on any atom is 0.472 e. The van der Waals surface area contributed by atoms with Crippen LogP contribution in [0.1, 0.15) is 78.6 Å². The molecule has 0 radical (unpaired) electrons. The van der Waals surface area contributed by atoms with Gasteiger partial charge in [0.15, 0.2) is 17.2 Å². The van der Waals surface area contributed by atoms with Crippen LogP contribution >= 0.6 is 7.82 Å². The van der Waals surface area contributed by atoms with Gasteiger partial charge < -0.3 is 25.2 Å². The molecule has 5 aliphatic carbocycles. The van der Waals surface area contributed by atoms with E-state index in [4.69, 9.17) is 13.8 Å². The maximum atomic E-state index is 17.3. The highest BCUT2D eigenvalue weighted by molar-refractivity contribution is 7.47. The molecule has 4 N–H and O–H groups in total. The molecule has 2 unspecified atom stereocenters. The Bertz CT molecular complexity index is 1380. The zero-order chi connectivity index (χ0) is 34.3. The number of fused-ring (bicyclic) bond motifs is 5. The first-order valence-corrected chi connectivity index (χ1v) is 18.3. The lowest BCUT2D eigenvalue weighted by atomic mass is 9.44. The monoisotopic (exact) mass is 681 g/mol. The number of alkyl halides is 1. The van der Waals surface area contributed by atoms with Gasteiger partial charge >= 0.3 is 7.82 Å². The number of halogens is 1. The lowest BCUT2D eigenvalue weighted by Gasteiger charge is -2.62. The summed E-state index contributed by atoms with van der Waals surface area (Å²) in [6.45, 7) is 3.46. The van der Waals surface area contributed by atoms with Crippen molar-refractivity contribution in [2.75, 3.05) is 26.4 Å². The SMILES string of the molecule is C[C@@H]1C[C@H]2[C@@H]3CCC4=CC(=O)C=C[C@]4(C)[C@@]3(F)[C@@H](O)C[C@]2(C)[C@@]1(O)C(=O)COP(=O)(O)OCCNC(=O)COC1/C=C\CCCCC1. The Morgan fingerprint density at radius 3 is 2.66 bits per heavy atom. The third-order valence-electron chi connectivity index (χ3n) is 11.8. The maximum absolute atomic E-state index is 17.3. The number of ether oxygens (including phenoxy) is 1. The fourth-order valence-electron chi connectivity index (χ4n) is 9.28. The van der Waals surface area contributed by atoms with E-state index in [1.807, 2.05) is 6.08 Å². The van der Waals surface area contributed by atoms with Gasteiger partial charge in [-0.05, 0) is 75.9 Å². The van der Waals surface area contributed by atoms with Crippen LogP contribution in [0, 0.1) is 28.6 Å². The van der Waals surface area contributed by atoms with E-state index < -0.39 is 72.1 Å². The second-order valence-electron chi connectivity index (χ2n) is 14.4. The molecule has 10 atom stereocenters. The molecule has 47 heavy (non-hydrogen) atoms. The zero-order valence-corrected chi connectivity index (χ0v) is 28.4. The van der Waals surface area contributed by atoms with Crippen molar-refractivity contribution in [1.29, 1.82) is 0 Å². The minimum Gasteiger partial charge on any atom is -0.390 e. The van der Waals surface area contributed by atoms with Crippen LogP contribution in [0.4, 0.5) is 4.39 Å². The number of phosphoric ester groups is 1. The summed E-state index contributed by atoms with van der Waals surface area (Å²) in [5.74, 6) is -3.34. The molecule has 0 spiro atoms. The number of ketones is 2. The van der Waals surface area contributed by atoms with Crippen LogP contribution in [-0.2, 0) is 32.7 Å². The first-order valence-electron chi connectivity index (χ1n) is 16.8. The molecule has 1 amide bonds. The minimum absolute atomic E-state index is 0.102. The smallest absolute Gasteiger partial charge is 0.390 e. The first kappa shape index (κ1) is 36.2. The summed E-state index contributed by atoms with van der Waals surface area (Å²) in [5, 5.41) is 26.1. The lowest BCUT2D eigenvalue weighted by Crippen LogP contribution is -2.69. The van der Waals surface area contributed by atoms with Gasteiger partial charge in [-0.15, -0.1) is 0 Å². The number of hydrogen-bond acceptors (Lipinski definition) is 9. The van der Waals surface area contributed by atoms with Gasteiger partial charge in [0.25, 0.3) is 0 Å². The summed E-state index contributed by atoms with van der Waals surface area (Å²) < 4.78 is 45.5. The summed E-state index contributed by atoms with van der Waals surface area (Å²) in [7, 11) is -4.75. The molecular formula is C34H49FNO10P. The molecule has 0 heterocycles. The average molecular weight is 682 g/mol. The van der Waals surface area contributed by atoms with Crippen molar-refractivity contribution in [1.82, 2.24) is 5.32 Å². The molecule has 0 aromatic heterocycles. The zero-order valence-electron chi connectivity index (χ0n) is 27.5. The highest BCUT2D eigenvalue weighted by Gasteiger charge is 2.75. The van der Waals surface area contributed by atoms with Gasteiger partial charge in [-0.1, -0.05) is 50.5 Å². The number of carbonyl (C=O) groups excluding carboxylic acids is 3. The summed E-state index contributed by atoms with van der Waals surface area (Å²) in [6, 6.07) is 0. The highest BCUT2D eigenvalue weighted by atomic mass is 31.2. The number of Topliss-reactive ketones (excluding diaryl/α,β-unsaturated/α-hetero) is 1. The Morgan fingerprint density at radius 2 is 1.89 bits per heavy atom. The van der Waals surface area contributed by atoms with Crippen LogP contribution in [0.5, 0.6) is 0 Å². The molecule has 5 aliphatic rings. The molecule has 3 saturated carbocycles. The fourth-order valence-corrected chi connectivity index (χ4v) is 9.96. The van der Waals surface area contributed by atoms with Gasteiger partial charge in [0.05, 0.1) is 18.8 Å². The van der Waals surface area contributed by atoms with Crippen LogP contribution < -0.4 is 5.32 Å². The van der Waals surface area contributed by atoms with E-state index in [-0.39, 0.29) is 38.1 Å². The van der Waals surface area contributed by atoms with Gasteiger partial charge in [0, 0.05) is 23.3 Å². The second-order valence-corrected chi connectivity index (χ2v) is 15.9. The third-order valence-corrected chi connectivity index (χ3v) is 12.8. The van der Waals surface area contributed by atoms with Gasteiger partial charge in [-0.3, -0.25) is 23.4 Å². The predicted molar refractivity (Wildman–Crippen MR) is 170 cm³/mol. The highest BCUT2D eigenvalue weighted by Crippen LogP contribution is 2.70. The number of amides is 1. The second kappa shape index (κ2) is 13.7. The van der Waals surface area contributed by atoms with Crippen molar-refractivity contribution in [3.8, 4) is 0 Å². The number of allylic oxidation sites excluding steroid dienone is 5. The van der Waals surface area contributed by atoms with Crippen LogP contribution in [0.3, 0.4) is 0 Å². The van der Waals surface area contributed by atoms with E-state index in [1.54, 1.807) is 26.8 Å². The molecular weight excluding hydrogens is 632 g/mol. The number of hydrogen-bond donors (Lipinski definition) is 4. The topological polar surface area (TPSA) is 169 Å². The van der Waals surface area contributed by atoms with E-state index in [0.29, 0.717) is 24.8 Å². The van der Waals surface area contributed by atoms with E-state index in [2.05, 4.69) is 11.4 Å². The Hall–Kier alpha value is -2.05. The molecule has 0 saturated heterocycles. The van der Waals surface area contributed by atoms with Crippen molar-refractivity contribution in [3.05, 3.63) is 36.0 Å². The number of carbonyl (C=O) groups is 3. The van der Waals surface area contributed by atoms with Crippen molar-refractivity contribution < 1.29 is 52.2 Å². The molecule has 0 aromatic rings. The number of phosphoric acid groups is 1. The van der Waals surface area contributed by atoms with Crippen molar-refractivity contribution in [3.63, 3.8) is 0 Å². The van der Waals surface area contributed by atoms with E-state index >= 15 is 4.39 Å². The average Bonchev–Trinajstić information content (AvgIpc) is 3.20. The summed E-state index contributed by atoms with van der Waals surface area (Å²) >= 11 is 0. The molecule has 11 nitrogen and oxygen atoms in total. The standard InChI is InChI=1S/C34H49FNO10P/c1-22-17-27-26-12-11-23-18-24(37)13-14-31(23,2)33(26,35)28(38)19-32(27,3)34(22,41)29(39)20-46-47(42,43)45-16-15-36-30(40)21-44-25-9-7-5-4-6-8-10-25/h7,9,13-14,18,22,25-28,38,41H,4-6,8,10-12,15-17,19-21H2,1-3H3,(H,36,40)(H,42,43)/b9-7-/t22-,25?,26+,27+,28+,31+,32+,33+,34+/m1/s1. The van der Waals surface area contributed by atoms with Gasteiger partial charge in [-0.2, -0.15) is 0 Å². The van der Waals surface area contributed by atoms with E-state index in [1.165, 1.54) is 12.2 Å². The molecule has 13 heteroatoms. The van der Waals surface area contributed by atoms with Crippen molar-refractivity contribution in [2.45, 2.75) is 102 Å². The molecule has 262 valence electrons. The number of aliphatic hydroxyl groups excluding tert-OH is 1. The molecule has 0 aliphatic heterocycles. The minimum atomic E-state index is -4.75. The normalized spacial score (nSPS) is 41.7. The Balaban J connectivity index is 1.16. The van der Waals surface area contributed by atoms with Crippen LogP contribution in [0.2, 0.25) is 0 Å². The Kier molecular flexibility index (Phi) is 10.6. The number of aliphatic hydroxyl groups is 2. The van der Waals surface area contributed by atoms with E-state index in [0.717, 1.165) is 32.1 Å². The van der Waals surface area contributed by atoms with Gasteiger partial charge in [-0.25, -0.2) is 8.96 Å². The van der Waals surface area contributed by atoms with Crippen LogP contribution in [-0.4, -0.2) is 82.4 Å². The first-order chi connectivity index (χ1) is 22.1. The van der Waals surface area contributed by atoms with Crippen molar-refractivity contribution >= 4 is 25.3 Å². The summed E-state index contributed by atoms with van der Waals surface area (Å²) in [5.41, 5.74) is -6.02. The van der Waals surface area contributed by atoms with Crippen molar-refractivity contribution in [2.24, 2.45) is 28.6 Å². The summed E-state index contributed by atoms with van der Waals surface area (Å²) in [6.07, 6.45) is 12.6. The molecule has 5 rings (SSSR count). The molecule has 0 bridgehead atoms. The Morgan fingerprint density at radius 1 is 1.13 bits per heavy atom. The Labute approximate surface area is 275 Å². The summed E-state index contributed by atoms with van der Waals surface area (Å²) in [4.78, 5) is 48.1. The number of nitrogens with one attached hydrogen (secondary N) is 1. The van der Waals surface area contributed by atoms with Gasteiger partial charge in [0.2, 0.25) is 5.91 Å². The fraction of sp³-hybridized carbons (Fsp3) is 0.735. The lowest BCUT2D eigenvalue weighted by molar-refractivity contribution is -0.219.